The van der Waals surface area contributed by atoms with Crippen LogP contribution in [0.4, 0.5) is 13.2 Å². The molecule has 0 bridgehead atoms. The van der Waals surface area contributed by atoms with Gasteiger partial charge < -0.3 is 4.90 Å². The molecule has 0 saturated carbocycles. The third kappa shape index (κ3) is 10.1. The largest absolute Gasteiger partial charge is 0.390 e. The van der Waals surface area contributed by atoms with E-state index in [0.29, 0.717) is 11.4 Å². The average molecular weight is 262 g/mol. The van der Waals surface area contributed by atoms with Crippen LogP contribution in [0.15, 0.2) is 0 Å². The van der Waals surface area contributed by atoms with E-state index in [1.807, 2.05) is 6.92 Å². The maximum absolute atomic E-state index is 11.8. The zero-order valence-electron chi connectivity index (χ0n) is 7.86. The molecule has 80 valence electrons. The van der Waals surface area contributed by atoms with Gasteiger partial charge in [-0.2, -0.15) is 13.2 Å². The van der Waals surface area contributed by atoms with Crippen molar-refractivity contribution in [1.29, 1.82) is 0 Å². The van der Waals surface area contributed by atoms with Crippen LogP contribution in [-0.2, 0) is 0 Å². The highest BCUT2D eigenvalue weighted by molar-refractivity contribution is 9.09. The molecule has 0 radical (unpaired) electrons. The zero-order chi connectivity index (χ0) is 10.5. The quantitative estimate of drug-likeness (QED) is 0.688. The first-order valence-electron chi connectivity index (χ1n) is 4.20. The molecule has 1 nitrogen and oxygen atoms in total. The van der Waals surface area contributed by atoms with Crippen LogP contribution in [0.25, 0.3) is 0 Å². The second-order valence-electron chi connectivity index (χ2n) is 3.24. The van der Waals surface area contributed by atoms with Crippen LogP contribution in [0.2, 0.25) is 0 Å². The molecule has 0 amide bonds. The first kappa shape index (κ1) is 13.2. The van der Waals surface area contributed by atoms with Gasteiger partial charge in [-0.05, 0) is 20.0 Å². The van der Waals surface area contributed by atoms with E-state index in [2.05, 4.69) is 15.9 Å². The van der Waals surface area contributed by atoms with Gasteiger partial charge in [0.15, 0.2) is 0 Å². The fourth-order valence-electron chi connectivity index (χ4n) is 0.828. The van der Waals surface area contributed by atoms with Crippen LogP contribution in [0.5, 0.6) is 0 Å². The molecule has 1 unspecified atom stereocenters. The summed E-state index contributed by atoms with van der Waals surface area (Å²) >= 11 is 3.34. The van der Waals surface area contributed by atoms with E-state index in [0.717, 1.165) is 6.42 Å². The van der Waals surface area contributed by atoms with Crippen molar-refractivity contribution in [2.45, 2.75) is 30.8 Å². The molecule has 0 aromatic heterocycles. The summed E-state index contributed by atoms with van der Waals surface area (Å²) in [4.78, 5) is 2.06. The standard InChI is InChI=1S/C8H15BrF3N/c1-7(9)3-5-13(2)6-4-8(10,11)12/h7H,3-6H2,1-2H3. The summed E-state index contributed by atoms with van der Waals surface area (Å²) in [6.45, 7) is 2.77. The Labute approximate surface area is 85.4 Å². The molecule has 0 rings (SSSR count). The van der Waals surface area contributed by atoms with Gasteiger partial charge >= 0.3 is 6.18 Å². The van der Waals surface area contributed by atoms with Gasteiger partial charge in [0.2, 0.25) is 0 Å². The molecule has 0 aliphatic rings. The first-order valence-corrected chi connectivity index (χ1v) is 5.12. The average Bonchev–Trinajstić information content (AvgIpc) is 1.95. The normalized spacial score (nSPS) is 15.0. The van der Waals surface area contributed by atoms with Gasteiger partial charge in [-0.15, -0.1) is 0 Å². The molecular formula is C8H15BrF3N. The molecule has 0 aliphatic heterocycles. The summed E-state index contributed by atoms with van der Waals surface area (Å²) in [5.41, 5.74) is 0. The van der Waals surface area contributed by atoms with Crippen molar-refractivity contribution in [1.82, 2.24) is 4.90 Å². The van der Waals surface area contributed by atoms with Crippen LogP contribution in [0.3, 0.4) is 0 Å². The van der Waals surface area contributed by atoms with E-state index in [9.17, 15) is 13.2 Å². The smallest absolute Gasteiger partial charge is 0.306 e. The topological polar surface area (TPSA) is 3.24 Å². The van der Waals surface area contributed by atoms with E-state index >= 15 is 0 Å². The Balaban J connectivity index is 3.46. The SMILES string of the molecule is CC(Br)CCN(C)CCC(F)(F)F. The molecule has 1 atom stereocenters. The lowest BCUT2D eigenvalue weighted by atomic mass is 10.3. The van der Waals surface area contributed by atoms with Crippen molar-refractivity contribution in [2.75, 3.05) is 20.1 Å². The van der Waals surface area contributed by atoms with Crippen LogP contribution in [0.1, 0.15) is 19.8 Å². The molecule has 13 heavy (non-hydrogen) atoms. The molecule has 0 N–H and O–H groups in total. The highest BCUT2D eigenvalue weighted by Gasteiger charge is 2.26. The summed E-state index contributed by atoms with van der Waals surface area (Å²) in [6, 6.07) is 0. The van der Waals surface area contributed by atoms with Gasteiger partial charge in [0.1, 0.15) is 0 Å². The third-order valence-corrected chi connectivity index (χ3v) is 2.14. The lowest BCUT2D eigenvalue weighted by Gasteiger charge is -2.18. The van der Waals surface area contributed by atoms with E-state index < -0.39 is 12.6 Å². The minimum Gasteiger partial charge on any atom is -0.306 e. The Morgan fingerprint density at radius 3 is 2.23 bits per heavy atom. The van der Waals surface area contributed by atoms with E-state index in [-0.39, 0.29) is 6.54 Å². The van der Waals surface area contributed by atoms with Gasteiger partial charge in [0.05, 0.1) is 6.42 Å². The Kier molecular flexibility index (Phi) is 5.96. The number of alkyl halides is 4. The summed E-state index contributed by atoms with van der Waals surface area (Å²) < 4.78 is 35.3. The number of nitrogens with zero attached hydrogens (tertiary/aromatic N) is 1. The fraction of sp³-hybridized carbons (Fsp3) is 1.00. The lowest BCUT2D eigenvalue weighted by Crippen LogP contribution is -2.26. The lowest BCUT2D eigenvalue weighted by molar-refractivity contribution is -0.137. The molecular weight excluding hydrogens is 247 g/mol. The Hall–Kier alpha value is 0.230. The van der Waals surface area contributed by atoms with Crippen molar-refractivity contribution in [3.05, 3.63) is 0 Å². The highest BCUT2D eigenvalue weighted by Crippen LogP contribution is 2.19. The van der Waals surface area contributed by atoms with Crippen molar-refractivity contribution in [3.8, 4) is 0 Å². The first-order chi connectivity index (χ1) is 5.81. The van der Waals surface area contributed by atoms with Crippen LogP contribution in [0, 0.1) is 0 Å². The zero-order valence-corrected chi connectivity index (χ0v) is 9.45. The van der Waals surface area contributed by atoms with E-state index in [1.54, 1.807) is 11.9 Å². The summed E-state index contributed by atoms with van der Waals surface area (Å²) in [5.74, 6) is 0. The molecule has 0 fully saturated rings. The highest BCUT2D eigenvalue weighted by atomic mass is 79.9. The monoisotopic (exact) mass is 261 g/mol. The number of hydrogen-bond donors (Lipinski definition) is 0. The molecule has 0 spiro atoms. The fourth-order valence-corrected chi connectivity index (χ4v) is 1.03. The minimum atomic E-state index is -4.03. The molecule has 0 saturated heterocycles. The third-order valence-electron chi connectivity index (χ3n) is 1.69. The van der Waals surface area contributed by atoms with E-state index in [1.165, 1.54) is 0 Å². The second kappa shape index (κ2) is 5.86. The molecule has 0 aromatic rings. The summed E-state index contributed by atoms with van der Waals surface area (Å²) in [5, 5.41) is 0. The maximum atomic E-state index is 11.8. The maximum Gasteiger partial charge on any atom is 0.390 e. The number of halogens is 4. The molecule has 0 aliphatic carbocycles. The summed E-state index contributed by atoms with van der Waals surface area (Å²) in [7, 11) is 1.71. The van der Waals surface area contributed by atoms with Crippen LogP contribution < -0.4 is 0 Å². The van der Waals surface area contributed by atoms with Crippen molar-refractivity contribution in [3.63, 3.8) is 0 Å². The molecule has 0 aromatic carbocycles. The minimum absolute atomic E-state index is 0.0865. The van der Waals surface area contributed by atoms with Crippen LogP contribution in [-0.4, -0.2) is 36.0 Å². The predicted octanol–water partition coefficient (Wildman–Crippen LogP) is 3.04. The molecule has 5 heteroatoms. The Bertz CT molecular complexity index is 136. The van der Waals surface area contributed by atoms with Crippen molar-refractivity contribution >= 4 is 15.9 Å². The number of hydrogen-bond acceptors (Lipinski definition) is 1. The van der Waals surface area contributed by atoms with Gasteiger partial charge in [-0.25, -0.2) is 0 Å². The second-order valence-corrected chi connectivity index (χ2v) is 4.80. The van der Waals surface area contributed by atoms with Gasteiger partial charge in [-0.3, -0.25) is 0 Å². The van der Waals surface area contributed by atoms with Crippen molar-refractivity contribution in [2.24, 2.45) is 0 Å². The molecule has 0 heterocycles. The van der Waals surface area contributed by atoms with E-state index in [4.69, 9.17) is 0 Å². The van der Waals surface area contributed by atoms with Crippen molar-refractivity contribution < 1.29 is 13.2 Å². The predicted molar refractivity (Wildman–Crippen MR) is 51.2 cm³/mol. The van der Waals surface area contributed by atoms with Gasteiger partial charge in [0.25, 0.3) is 0 Å². The van der Waals surface area contributed by atoms with Gasteiger partial charge in [0, 0.05) is 11.4 Å². The van der Waals surface area contributed by atoms with Crippen LogP contribution >= 0.6 is 15.9 Å². The number of rotatable bonds is 5. The van der Waals surface area contributed by atoms with Gasteiger partial charge in [-0.1, -0.05) is 22.9 Å². The Morgan fingerprint density at radius 2 is 1.85 bits per heavy atom. The Morgan fingerprint density at radius 1 is 1.31 bits per heavy atom. The summed E-state index contributed by atoms with van der Waals surface area (Å²) in [6.07, 6.45) is -3.89.